The van der Waals surface area contributed by atoms with Gasteiger partial charge in [-0.15, -0.1) is 24.0 Å². The summed E-state index contributed by atoms with van der Waals surface area (Å²) in [6.45, 7) is 2.32. The van der Waals surface area contributed by atoms with Crippen LogP contribution in [-0.2, 0) is 11.3 Å². The number of rotatable bonds is 9. The molecule has 0 spiro atoms. The topological polar surface area (TPSA) is 81.3 Å². The first kappa shape index (κ1) is 23.6. The number of nitrogens with zero attached hydrogens (tertiary/aromatic N) is 2. The van der Waals surface area contributed by atoms with Crippen LogP contribution in [-0.4, -0.2) is 64.0 Å². The van der Waals surface area contributed by atoms with Gasteiger partial charge in [-0.25, -0.2) is 4.99 Å². The Kier molecular flexibility index (Phi) is 11.3. The van der Waals surface area contributed by atoms with E-state index >= 15 is 0 Å². The van der Waals surface area contributed by atoms with Gasteiger partial charge in [0.1, 0.15) is 11.5 Å². The van der Waals surface area contributed by atoms with Gasteiger partial charge in [-0.3, -0.25) is 4.90 Å². The number of nitrogens with one attached hydrogen (secondary N) is 1. The number of morpholine rings is 1. The maximum Gasteiger partial charge on any atom is 0.387 e. The molecular weight excluding hydrogens is 473 g/mol. The number of ether oxygens (including phenoxy) is 3. The van der Waals surface area contributed by atoms with Crippen LogP contribution < -0.4 is 20.5 Å². The minimum atomic E-state index is -2.90. The molecule has 1 heterocycles. The van der Waals surface area contributed by atoms with Gasteiger partial charge < -0.3 is 25.3 Å². The average Bonchev–Trinajstić information content (AvgIpc) is 2.65. The largest absolute Gasteiger partial charge is 0.497 e. The third-order valence-corrected chi connectivity index (χ3v) is 3.96. The van der Waals surface area contributed by atoms with E-state index in [0.29, 0.717) is 17.9 Å². The molecule has 0 aromatic heterocycles. The van der Waals surface area contributed by atoms with E-state index in [1.807, 2.05) is 0 Å². The minimum absolute atomic E-state index is 0. The van der Waals surface area contributed by atoms with Crippen molar-refractivity contribution in [2.75, 3.05) is 46.5 Å². The Hall–Kier alpha value is -1.40. The molecule has 1 aliphatic rings. The third kappa shape index (κ3) is 8.89. The number of hydrogen-bond acceptors (Lipinski definition) is 5. The highest BCUT2D eigenvalue weighted by atomic mass is 127. The Balaban J connectivity index is 0.00000364. The van der Waals surface area contributed by atoms with Gasteiger partial charge in [0.2, 0.25) is 0 Å². The van der Waals surface area contributed by atoms with Gasteiger partial charge in [-0.2, -0.15) is 8.78 Å². The van der Waals surface area contributed by atoms with Crippen LogP contribution in [0.3, 0.4) is 0 Å². The monoisotopic (exact) mass is 500 g/mol. The summed E-state index contributed by atoms with van der Waals surface area (Å²) in [6.07, 6.45) is 0.926. The fourth-order valence-corrected chi connectivity index (χ4v) is 2.59. The second-order valence-corrected chi connectivity index (χ2v) is 5.79. The van der Waals surface area contributed by atoms with E-state index in [1.165, 1.54) is 13.2 Å². The van der Waals surface area contributed by atoms with Gasteiger partial charge >= 0.3 is 6.61 Å². The number of aliphatic imine (C=N–C) groups is 1. The van der Waals surface area contributed by atoms with Gasteiger partial charge in [0.15, 0.2) is 5.96 Å². The molecule has 3 N–H and O–H groups in total. The molecule has 0 unspecified atom stereocenters. The van der Waals surface area contributed by atoms with Crippen molar-refractivity contribution in [1.29, 1.82) is 0 Å². The second kappa shape index (κ2) is 12.9. The van der Waals surface area contributed by atoms with Crippen LogP contribution in [0.1, 0.15) is 12.0 Å². The number of methoxy groups -OCH3 is 1. The molecule has 1 aliphatic heterocycles. The second-order valence-electron chi connectivity index (χ2n) is 5.79. The summed E-state index contributed by atoms with van der Waals surface area (Å²) in [5, 5.41) is 3.03. The molecular formula is C17H27F2IN4O3. The van der Waals surface area contributed by atoms with Crippen LogP contribution in [0.15, 0.2) is 23.2 Å². The Bertz CT molecular complexity index is 587. The van der Waals surface area contributed by atoms with Crippen molar-refractivity contribution in [2.24, 2.45) is 10.7 Å². The normalized spacial score (nSPS) is 15.3. The van der Waals surface area contributed by atoms with Crippen molar-refractivity contribution in [2.45, 2.75) is 19.6 Å². The van der Waals surface area contributed by atoms with E-state index < -0.39 is 6.61 Å². The van der Waals surface area contributed by atoms with Crippen LogP contribution in [0.2, 0.25) is 0 Å². The van der Waals surface area contributed by atoms with Gasteiger partial charge in [0, 0.05) is 25.2 Å². The molecule has 0 radical (unpaired) electrons. The van der Waals surface area contributed by atoms with E-state index in [2.05, 4.69) is 19.9 Å². The van der Waals surface area contributed by atoms with E-state index in [-0.39, 0.29) is 42.2 Å². The molecule has 1 aromatic carbocycles. The molecule has 0 bridgehead atoms. The van der Waals surface area contributed by atoms with E-state index in [4.69, 9.17) is 15.2 Å². The van der Waals surface area contributed by atoms with Crippen molar-refractivity contribution >= 4 is 29.9 Å². The molecule has 10 heteroatoms. The first-order valence-electron chi connectivity index (χ1n) is 8.54. The van der Waals surface area contributed by atoms with Crippen molar-refractivity contribution in [3.63, 3.8) is 0 Å². The molecule has 1 aromatic rings. The van der Waals surface area contributed by atoms with Gasteiger partial charge in [-0.05, 0) is 31.2 Å². The number of guanidine groups is 1. The molecule has 27 heavy (non-hydrogen) atoms. The van der Waals surface area contributed by atoms with Crippen molar-refractivity contribution in [1.82, 2.24) is 10.2 Å². The minimum Gasteiger partial charge on any atom is -0.497 e. The summed E-state index contributed by atoms with van der Waals surface area (Å²) < 4.78 is 39.9. The van der Waals surface area contributed by atoms with E-state index in [9.17, 15) is 8.78 Å². The quantitative estimate of drug-likeness (QED) is 0.234. The average molecular weight is 500 g/mol. The molecule has 7 nitrogen and oxygen atoms in total. The van der Waals surface area contributed by atoms with Crippen LogP contribution in [0, 0.1) is 0 Å². The van der Waals surface area contributed by atoms with Crippen molar-refractivity contribution in [3.8, 4) is 11.5 Å². The van der Waals surface area contributed by atoms with Crippen LogP contribution >= 0.6 is 24.0 Å². The summed E-state index contributed by atoms with van der Waals surface area (Å²) in [7, 11) is 1.50. The predicted octanol–water partition coefficient (Wildman–Crippen LogP) is 2.04. The zero-order chi connectivity index (χ0) is 18.8. The summed E-state index contributed by atoms with van der Waals surface area (Å²) in [6, 6.07) is 4.59. The Morgan fingerprint density at radius 1 is 1.37 bits per heavy atom. The summed E-state index contributed by atoms with van der Waals surface area (Å²) in [5.41, 5.74) is 6.32. The van der Waals surface area contributed by atoms with Gasteiger partial charge in [-0.1, -0.05) is 0 Å². The predicted molar refractivity (Wildman–Crippen MR) is 110 cm³/mol. The maximum atomic E-state index is 12.5. The lowest BCUT2D eigenvalue weighted by atomic mass is 10.2. The molecule has 1 saturated heterocycles. The van der Waals surface area contributed by atoms with Crippen LogP contribution in [0.4, 0.5) is 8.78 Å². The van der Waals surface area contributed by atoms with Crippen molar-refractivity contribution < 1.29 is 23.0 Å². The van der Waals surface area contributed by atoms with Gasteiger partial charge in [0.25, 0.3) is 0 Å². The smallest absolute Gasteiger partial charge is 0.387 e. The Morgan fingerprint density at radius 2 is 2.11 bits per heavy atom. The number of benzene rings is 1. The number of nitrogens with two attached hydrogens (primary N) is 1. The molecule has 0 saturated carbocycles. The molecule has 0 amide bonds. The highest BCUT2D eigenvalue weighted by Gasteiger charge is 2.11. The van der Waals surface area contributed by atoms with Gasteiger partial charge in [0.05, 0.1) is 26.9 Å². The fraction of sp³-hybridized carbons (Fsp3) is 0.588. The summed E-state index contributed by atoms with van der Waals surface area (Å²) in [4.78, 5) is 6.53. The van der Waals surface area contributed by atoms with Crippen LogP contribution in [0.5, 0.6) is 11.5 Å². The molecule has 154 valence electrons. The molecule has 2 rings (SSSR count). The zero-order valence-electron chi connectivity index (χ0n) is 15.3. The standard InChI is InChI=1S/C17H26F2N4O3.HI/c1-24-14-3-4-15(26-16(18)19)13(11-14)12-22-17(20)21-5-2-6-23-7-9-25-10-8-23;/h3-4,11,16H,2,5-10,12H2,1H3,(H3,20,21,22);1H. The van der Waals surface area contributed by atoms with E-state index in [1.54, 1.807) is 12.1 Å². The summed E-state index contributed by atoms with van der Waals surface area (Å²) >= 11 is 0. The van der Waals surface area contributed by atoms with E-state index in [0.717, 1.165) is 39.3 Å². The zero-order valence-corrected chi connectivity index (χ0v) is 17.7. The summed E-state index contributed by atoms with van der Waals surface area (Å²) in [5.74, 6) is 0.858. The Labute approximate surface area is 175 Å². The third-order valence-electron chi connectivity index (χ3n) is 3.96. The molecule has 1 fully saturated rings. The lowest BCUT2D eigenvalue weighted by Gasteiger charge is -2.26. The molecule has 0 atom stereocenters. The first-order valence-corrected chi connectivity index (χ1v) is 8.54. The maximum absolute atomic E-state index is 12.5. The number of hydrogen-bond donors (Lipinski definition) is 2. The van der Waals surface area contributed by atoms with Crippen molar-refractivity contribution in [3.05, 3.63) is 23.8 Å². The molecule has 0 aliphatic carbocycles. The Morgan fingerprint density at radius 3 is 2.78 bits per heavy atom. The lowest BCUT2D eigenvalue weighted by Crippen LogP contribution is -2.39. The highest BCUT2D eigenvalue weighted by molar-refractivity contribution is 14.0. The van der Waals surface area contributed by atoms with Crippen LogP contribution in [0.25, 0.3) is 0 Å². The first-order chi connectivity index (χ1) is 12.6. The number of alkyl halides is 2. The fourth-order valence-electron chi connectivity index (χ4n) is 2.59. The SMILES string of the molecule is COc1ccc(OC(F)F)c(CN=C(N)NCCCN2CCOCC2)c1.I. The lowest BCUT2D eigenvalue weighted by molar-refractivity contribution is -0.0504. The highest BCUT2D eigenvalue weighted by Crippen LogP contribution is 2.26. The number of halogens is 3.